The summed E-state index contributed by atoms with van der Waals surface area (Å²) in [6, 6.07) is 0. The average Bonchev–Trinajstić information content (AvgIpc) is 2.29. The van der Waals surface area contributed by atoms with Gasteiger partial charge in [-0.3, -0.25) is 5.41 Å². The first-order valence-electron chi connectivity index (χ1n) is 5.20. The predicted molar refractivity (Wildman–Crippen MR) is 67.2 cm³/mol. The molecule has 1 aliphatic rings. The maximum Gasteiger partial charge on any atom is 0.158 e. The molecule has 1 saturated heterocycles. The fourth-order valence-electron chi connectivity index (χ4n) is 1.76. The number of amidine groups is 1. The van der Waals surface area contributed by atoms with E-state index in [0.717, 1.165) is 24.7 Å². The summed E-state index contributed by atoms with van der Waals surface area (Å²) < 4.78 is 0. The molecule has 86 valence electrons. The minimum absolute atomic E-state index is 0.0195. The topological polar surface area (TPSA) is 78.9 Å². The van der Waals surface area contributed by atoms with Gasteiger partial charge in [0.15, 0.2) is 5.82 Å². The van der Waals surface area contributed by atoms with Gasteiger partial charge in [-0.2, -0.15) is 11.8 Å². The minimum Gasteiger partial charge on any atom is -0.382 e. The van der Waals surface area contributed by atoms with Gasteiger partial charge in [0, 0.05) is 36.5 Å². The van der Waals surface area contributed by atoms with E-state index in [1.165, 1.54) is 0 Å². The molecule has 1 fully saturated rings. The zero-order valence-electron chi connectivity index (χ0n) is 9.18. The summed E-state index contributed by atoms with van der Waals surface area (Å²) in [6.45, 7) is 4.07. The second-order valence-corrected chi connectivity index (χ2v) is 5.32. The van der Waals surface area contributed by atoms with Crippen LogP contribution in [0.2, 0.25) is 0 Å². The quantitative estimate of drug-likeness (QED) is 0.585. The SMILES string of the molecule is CC1CN(c2nccnc2C(=N)N)CCS1. The van der Waals surface area contributed by atoms with Crippen LogP contribution in [0.4, 0.5) is 5.82 Å². The Kier molecular flexibility index (Phi) is 3.28. The van der Waals surface area contributed by atoms with Crippen molar-refractivity contribution < 1.29 is 0 Å². The lowest BCUT2D eigenvalue weighted by molar-refractivity contribution is 0.765. The number of nitrogens with zero attached hydrogens (tertiary/aromatic N) is 3. The molecular formula is C10H15N5S. The lowest BCUT2D eigenvalue weighted by atomic mass is 10.3. The monoisotopic (exact) mass is 237 g/mol. The van der Waals surface area contributed by atoms with Crippen LogP contribution in [0.15, 0.2) is 12.4 Å². The number of hydrogen-bond donors (Lipinski definition) is 2. The molecule has 16 heavy (non-hydrogen) atoms. The molecule has 0 aromatic carbocycles. The second kappa shape index (κ2) is 4.69. The molecule has 0 bridgehead atoms. The molecule has 1 aromatic heterocycles. The van der Waals surface area contributed by atoms with Gasteiger partial charge in [-0.05, 0) is 0 Å². The van der Waals surface area contributed by atoms with Crippen LogP contribution in [-0.4, -0.2) is 39.9 Å². The average molecular weight is 237 g/mol. The second-order valence-electron chi connectivity index (χ2n) is 3.77. The van der Waals surface area contributed by atoms with Gasteiger partial charge in [-0.1, -0.05) is 6.92 Å². The number of rotatable bonds is 2. The highest BCUT2D eigenvalue weighted by Gasteiger charge is 2.21. The summed E-state index contributed by atoms with van der Waals surface area (Å²) in [5.74, 6) is 1.80. The Morgan fingerprint density at radius 2 is 2.31 bits per heavy atom. The van der Waals surface area contributed by atoms with Crippen molar-refractivity contribution in [3.05, 3.63) is 18.1 Å². The molecule has 0 saturated carbocycles. The van der Waals surface area contributed by atoms with Crippen LogP contribution in [0.1, 0.15) is 12.6 Å². The van der Waals surface area contributed by atoms with E-state index < -0.39 is 0 Å². The molecule has 1 aromatic rings. The molecule has 0 aliphatic carbocycles. The third kappa shape index (κ3) is 2.27. The zero-order chi connectivity index (χ0) is 11.5. The van der Waals surface area contributed by atoms with E-state index in [9.17, 15) is 0 Å². The van der Waals surface area contributed by atoms with Crippen LogP contribution in [0.25, 0.3) is 0 Å². The molecule has 0 amide bonds. The van der Waals surface area contributed by atoms with Crippen LogP contribution in [0, 0.1) is 5.41 Å². The Labute approximate surface area is 99.0 Å². The van der Waals surface area contributed by atoms with Gasteiger partial charge in [-0.25, -0.2) is 9.97 Å². The summed E-state index contributed by atoms with van der Waals surface area (Å²) in [5, 5.41) is 8.07. The Balaban J connectivity index is 2.28. The van der Waals surface area contributed by atoms with Crippen LogP contribution in [0.3, 0.4) is 0 Å². The van der Waals surface area contributed by atoms with Crippen molar-refractivity contribution in [3.63, 3.8) is 0 Å². The molecule has 1 atom stereocenters. The zero-order valence-corrected chi connectivity index (χ0v) is 10.00. The van der Waals surface area contributed by atoms with Crippen LogP contribution >= 0.6 is 11.8 Å². The molecule has 0 radical (unpaired) electrons. The highest BCUT2D eigenvalue weighted by atomic mass is 32.2. The van der Waals surface area contributed by atoms with Crippen molar-refractivity contribution in [2.24, 2.45) is 5.73 Å². The van der Waals surface area contributed by atoms with Gasteiger partial charge in [0.2, 0.25) is 0 Å². The number of thioether (sulfide) groups is 1. The summed E-state index contributed by atoms with van der Waals surface area (Å²) in [5.41, 5.74) is 5.99. The largest absolute Gasteiger partial charge is 0.382 e. The lowest BCUT2D eigenvalue weighted by Crippen LogP contribution is -2.38. The molecule has 5 nitrogen and oxygen atoms in total. The van der Waals surface area contributed by atoms with Gasteiger partial charge in [-0.15, -0.1) is 0 Å². The maximum atomic E-state index is 7.49. The Hall–Kier alpha value is -1.30. The van der Waals surface area contributed by atoms with E-state index in [4.69, 9.17) is 11.1 Å². The highest BCUT2D eigenvalue weighted by Crippen LogP contribution is 2.23. The molecule has 2 heterocycles. The first-order chi connectivity index (χ1) is 7.68. The number of nitrogens with one attached hydrogen (secondary N) is 1. The van der Waals surface area contributed by atoms with E-state index >= 15 is 0 Å². The van der Waals surface area contributed by atoms with E-state index in [-0.39, 0.29) is 5.84 Å². The molecule has 2 rings (SSSR count). The van der Waals surface area contributed by atoms with Gasteiger partial charge >= 0.3 is 0 Å². The summed E-state index contributed by atoms with van der Waals surface area (Å²) >= 11 is 1.96. The molecule has 3 N–H and O–H groups in total. The Morgan fingerprint density at radius 3 is 3.00 bits per heavy atom. The smallest absolute Gasteiger partial charge is 0.158 e. The van der Waals surface area contributed by atoms with Crippen molar-refractivity contribution in [1.82, 2.24) is 9.97 Å². The van der Waals surface area contributed by atoms with Gasteiger partial charge in [0.05, 0.1) is 0 Å². The van der Waals surface area contributed by atoms with Crippen LogP contribution in [-0.2, 0) is 0 Å². The number of hydrogen-bond acceptors (Lipinski definition) is 5. The Bertz CT molecular complexity index is 395. The molecule has 1 unspecified atom stereocenters. The van der Waals surface area contributed by atoms with E-state index in [0.29, 0.717) is 10.9 Å². The van der Waals surface area contributed by atoms with Gasteiger partial charge in [0.1, 0.15) is 11.5 Å². The van der Waals surface area contributed by atoms with Crippen molar-refractivity contribution >= 4 is 23.4 Å². The summed E-state index contributed by atoms with van der Waals surface area (Å²) in [4.78, 5) is 10.6. The third-order valence-electron chi connectivity index (χ3n) is 2.47. The highest BCUT2D eigenvalue weighted by molar-refractivity contribution is 8.00. The number of nitrogen functional groups attached to an aromatic ring is 1. The number of nitrogens with two attached hydrogens (primary N) is 1. The Morgan fingerprint density at radius 1 is 1.56 bits per heavy atom. The lowest BCUT2D eigenvalue weighted by Gasteiger charge is -2.32. The van der Waals surface area contributed by atoms with Gasteiger partial charge in [0.25, 0.3) is 0 Å². The first-order valence-corrected chi connectivity index (χ1v) is 6.25. The van der Waals surface area contributed by atoms with E-state index in [1.54, 1.807) is 12.4 Å². The number of aromatic nitrogens is 2. The van der Waals surface area contributed by atoms with Crippen molar-refractivity contribution in [1.29, 1.82) is 5.41 Å². The van der Waals surface area contributed by atoms with E-state index in [1.807, 2.05) is 11.8 Å². The maximum absolute atomic E-state index is 7.49. The molecular weight excluding hydrogens is 222 g/mol. The van der Waals surface area contributed by atoms with Crippen LogP contribution in [0.5, 0.6) is 0 Å². The van der Waals surface area contributed by atoms with Crippen LogP contribution < -0.4 is 10.6 Å². The number of anilines is 1. The fourth-order valence-corrected chi connectivity index (χ4v) is 2.78. The molecule has 0 spiro atoms. The first kappa shape index (κ1) is 11.2. The molecule has 6 heteroatoms. The van der Waals surface area contributed by atoms with E-state index in [2.05, 4.69) is 21.8 Å². The normalized spacial score (nSPS) is 20.8. The standard InChI is InChI=1S/C10H15N5S/c1-7-6-15(4-5-16-7)10-8(9(11)12)13-2-3-14-10/h2-3,7H,4-6H2,1H3,(H3,11,12). The van der Waals surface area contributed by atoms with Crippen molar-refractivity contribution in [3.8, 4) is 0 Å². The predicted octanol–water partition coefficient (Wildman–Crippen LogP) is 0.702. The summed E-state index contributed by atoms with van der Waals surface area (Å²) in [6.07, 6.45) is 3.22. The fraction of sp³-hybridized carbons (Fsp3) is 0.500. The van der Waals surface area contributed by atoms with Gasteiger partial charge < -0.3 is 10.6 Å². The minimum atomic E-state index is -0.0195. The van der Waals surface area contributed by atoms with Crippen molar-refractivity contribution in [2.75, 3.05) is 23.7 Å². The van der Waals surface area contributed by atoms with Crippen molar-refractivity contribution in [2.45, 2.75) is 12.2 Å². The third-order valence-corrected chi connectivity index (χ3v) is 3.61. The summed E-state index contributed by atoms with van der Waals surface area (Å²) in [7, 11) is 0. The molecule has 1 aliphatic heterocycles.